The molecule has 0 aromatic rings. The number of rotatable bonds is 6. The lowest BCUT2D eigenvalue weighted by molar-refractivity contribution is 0.697. The van der Waals surface area contributed by atoms with Crippen molar-refractivity contribution >= 4 is 0 Å². The largest absolute Gasteiger partial charge is 0.103 e. The highest BCUT2D eigenvalue weighted by Gasteiger charge is 1.82. The summed E-state index contributed by atoms with van der Waals surface area (Å²) in [5.41, 5.74) is 0. The Kier molecular flexibility index (Phi) is 7.05. The van der Waals surface area contributed by atoms with Crippen molar-refractivity contribution in [1.82, 2.24) is 0 Å². The van der Waals surface area contributed by atoms with Crippen molar-refractivity contribution in [3.63, 3.8) is 0 Å². The van der Waals surface area contributed by atoms with Crippen molar-refractivity contribution < 1.29 is 0 Å². The van der Waals surface area contributed by atoms with E-state index in [1.807, 2.05) is 12.2 Å². The molecule has 0 aromatic heterocycles. The molecule has 0 N–H and O–H groups in total. The molecule has 0 aromatic carbocycles. The number of hydrogen-bond acceptors (Lipinski definition) is 0. The van der Waals surface area contributed by atoms with Crippen LogP contribution in [0, 0.1) is 0 Å². The van der Waals surface area contributed by atoms with Gasteiger partial charge in [0.2, 0.25) is 0 Å². The van der Waals surface area contributed by atoms with Crippen molar-refractivity contribution in [2.24, 2.45) is 0 Å². The molecule has 0 spiro atoms. The van der Waals surface area contributed by atoms with E-state index in [1.165, 1.54) is 19.3 Å². The normalized spacial score (nSPS) is 8.89. The summed E-state index contributed by atoms with van der Waals surface area (Å²) in [5, 5.41) is 0. The SMILES string of the molecule is C=CCCCCCC=C. The summed E-state index contributed by atoms with van der Waals surface area (Å²) < 4.78 is 0. The molecule has 0 bridgehead atoms. The molecule has 0 atom stereocenters. The molecule has 0 heteroatoms. The second kappa shape index (κ2) is 7.48. The van der Waals surface area contributed by atoms with Gasteiger partial charge < -0.3 is 0 Å². The van der Waals surface area contributed by atoms with Crippen molar-refractivity contribution in [3.05, 3.63) is 25.3 Å². The summed E-state index contributed by atoms with van der Waals surface area (Å²) in [6.07, 6.45) is 10.2. The lowest BCUT2D eigenvalue weighted by atomic mass is 10.1. The zero-order valence-corrected chi connectivity index (χ0v) is 6.10. The average Bonchev–Trinajstić information content (AvgIpc) is 1.89. The summed E-state index contributed by atoms with van der Waals surface area (Å²) in [4.78, 5) is 0. The minimum atomic E-state index is 1.16. The fourth-order valence-corrected chi connectivity index (χ4v) is 0.754. The van der Waals surface area contributed by atoms with E-state index in [-0.39, 0.29) is 0 Å². The summed E-state index contributed by atoms with van der Waals surface area (Å²) in [6.45, 7) is 7.32. The molecule has 0 unspecified atom stereocenters. The van der Waals surface area contributed by atoms with Gasteiger partial charge in [-0.2, -0.15) is 0 Å². The van der Waals surface area contributed by atoms with Crippen LogP contribution >= 0.6 is 0 Å². The van der Waals surface area contributed by atoms with Crippen LogP contribution in [0.15, 0.2) is 25.3 Å². The van der Waals surface area contributed by atoms with E-state index in [0.29, 0.717) is 0 Å². The topological polar surface area (TPSA) is 0 Å². The Bertz CT molecular complexity index is 62.1. The quantitative estimate of drug-likeness (QED) is 0.376. The Hall–Kier alpha value is -0.520. The van der Waals surface area contributed by atoms with Crippen LogP contribution in [0.4, 0.5) is 0 Å². The Morgan fingerprint density at radius 3 is 1.56 bits per heavy atom. The first-order chi connectivity index (χ1) is 4.41. The van der Waals surface area contributed by atoms with Crippen LogP contribution in [-0.2, 0) is 0 Å². The highest BCUT2D eigenvalue weighted by molar-refractivity contribution is 4.68. The molecule has 0 fully saturated rings. The summed E-state index contributed by atoms with van der Waals surface area (Å²) in [5.74, 6) is 0. The summed E-state index contributed by atoms with van der Waals surface area (Å²) in [7, 11) is 0. The standard InChI is InChI=1S/C9H16/c1-3-5-7-9-8-6-4-2/h3-4H,1-2,5-9H2. The van der Waals surface area contributed by atoms with Crippen molar-refractivity contribution in [2.75, 3.05) is 0 Å². The molecule has 0 saturated carbocycles. The monoisotopic (exact) mass is 124 g/mol. The molecule has 0 nitrogen and oxygen atoms in total. The van der Waals surface area contributed by atoms with Crippen LogP contribution in [0.5, 0.6) is 0 Å². The lowest BCUT2D eigenvalue weighted by Gasteiger charge is -1.92. The van der Waals surface area contributed by atoms with Crippen molar-refractivity contribution in [3.8, 4) is 0 Å². The van der Waals surface area contributed by atoms with Gasteiger partial charge in [-0.25, -0.2) is 0 Å². The third-order valence-corrected chi connectivity index (χ3v) is 1.32. The number of hydrogen-bond donors (Lipinski definition) is 0. The van der Waals surface area contributed by atoms with Gasteiger partial charge in [-0.3, -0.25) is 0 Å². The molecule has 9 heavy (non-hydrogen) atoms. The van der Waals surface area contributed by atoms with E-state index in [0.717, 1.165) is 12.8 Å². The molecule has 0 rings (SSSR count). The summed E-state index contributed by atoms with van der Waals surface area (Å²) >= 11 is 0. The van der Waals surface area contributed by atoms with Gasteiger partial charge in [0.05, 0.1) is 0 Å². The summed E-state index contributed by atoms with van der Waals surface area (Å²) in [6, 6.07) is 0. The molecular weight excluding hydrogens is 108 g/mol. The van der Waals surface area contributed by atoms with Crippen LogP contribution in [0.1, 0.15) is 32.1 Å². The van der Waals surface area contributed by atoms with Crippen molar-refractivity contribution in [1.29, 1.82) is 0 Å². The third-order valence-electron chi connectivity index (χ3n) is 1.32. The van der Waals surface area contributed by atoms with Gasteiger partial charge in [-0.1, -0.05) is 18.6 Å². The van der Waals surface area contributed by atoms with Gasteiger partial charge in [0.25, 0.3) is 0 Å². The molecule has 0 aliphatic carbocycles. The van der Waals surface area contributed by atoms with Gasteiger partial charge in [0, 0.05) is 0 Å². The predicted octanol–water partition coefficient (Wildman–Crippen LogP) is 3.31. The van der Waals surface area contributed by atoms with Gasteiger partial charge in [-0.15, -0.1) is 13.2 Å². The van der Waals surface area contributed by atoms with Crippen LogP contribution in [0.3, 0.4) is 0 Å². The van der Waals surface area contributed by atoms with Crippen LogP contribution in [-0.4, -0.2) is 0 Å². The molecule has 0 radical (unpaired) electrons. The molecule has 0 aliphatic rings. The Morgan fingerprint density at radius 1 is 0.778 bits per heavy atom. The first-order valence-electron chi connectivity index (χ1n) is 3.63. The maximum absolute atomic E-state index is 3.66. The highest BCUT2D eigenvalue weighted by atomic mass is 13.9. The van der Waals surface area contributed by atoms with Gasteiger partial charge in [0.1, 0.15) is 0 Å². The molecule has 52 valence electrons. The van der Waals surface area contributed by atoms with E-state index in [2.05, 4.69) is 13.2 Å². The fraction of sp³-hybridized carbons (Fsp3) is 0.556. The molecule has 0 aliphatic heterocycles. The minimum Gasteiger partial charge on any atom is -0.103 e. The van der Waals surface area contributed by atoms with Crippen LogP contribution < -0.4 is 0 Å². The molecule has 0 amide bonds. The fourth-order valence-electron chi connectivity index (χ4n) is 0.754. The second-order valence-electron chi connectivity index (χ2n) is 2.22. The molecule has 0 saturated heterocycles. The first-order valence-corrected chi connectivity index (χ1v) is 3.63. The van der Waals surface area contributed by atoms with Gasteiger partial charge in [0.15, 0.2) is 0 Å². The van der Waals surface area contributed by atoms with Crippen molar-refractivity contribution in [2.45, 2.75) is 32.1 Å². The van der Waals surface area contributed by atoms with E-state index < -0.39 is 0 Å². The average molecular weight is 124 g/mol. The zero-order chi connectivity index (χ0) is 6.95. The maximum atomic E-state index is 3.66. The second-order valence-corrected chi connectivity index (χ2v) is 2.22. The predicted molar refractivity (Wildman–Crippen MR) is 43.5 cm³/mol. The molecule has 0 heterocycles. The highest BCUT2D eigenvalue weighted by Crippen LogP contribution is 2.02. The smallest absolute Gasteiger partial charge is 0.0353 e. The first kappa shape index (κ1) is 8.48. The van der Waals surface area contributed by atoms with Gasteiger partial charge in [-0.05, 0) is 25.7 Å². The van der Waals surface area contributed by atoms with E-state index in [4.69, 9.17) is 0 Å². The zero-order valence-electron chi connectivity index (χ0n) is 6.10. The Balaban J connectivity index is 2.74. The lowest BCUT2D eigenvalue weighted by Crippen LogP contribution is -1.72. The van der Waals surface area contributed by atoms with Crippen LogP contribution in [0.2, 0.25) is 0 Å². The Labute approximate surface area is 58.3 Å². The maximum Gasteiger partial charge on any atom is -0.0353 e. The Morgan fingerprint density at radius 2 is 1.22 bits per heavy atom. The van der Waals surface area contributed by atoms with Crippen LogP contribution in [0.25, 0.3) is 0 Å². The molecular formula is C9H16. The van der Waals surface area contributed by atoms with E-state index in [1.54, 1.807) is 0 Å². The third kappa shape index (κ3) is 7.48. The van der Waals surface area contributed by atoms with E-state index >= 15 is 0 Å². The van der Waals surface area contributed by atoms with Gasteiger partial charge >= 0.3 is 0 Å². The number of unbranched alkanes of at least 4 members (excludes halogenated alkanes) is 4. The minimum absolute atomic E-state index is 1.16. The number of allylic oxidation sites excluding steroid dienone is 2. The van der Waals surface area contributed by atoms with E-state index in [9.17, 15) is 0 Å².